The molecule has 0 aromatic heterocycles. The molecule has 4 nitrogen and oxygen atoms in total. The molecule has 0 saturated heterocycles. The molecule has 0 heterocycles. The SMILES string of the molecule is C=CC(=O)OCC(OC1CCCC1)OC1CCCC1. The molecule has 0 unspecified atom stereocenters. The van der Waals surface area contributed by atoms with E-state index in [1.165, 1.54) is 31.8 Å². The van der Waals surface area contributed by atoms with Crippen LogP contribution >= 0.6 is 0 Å². The van der Waals surface area contributed by atoms with Gasteiger partial charge in [0.1, 0.15) is 6.61 Å². The van der Waals surface area contributed by atoms with Crippen molar-refractivity contribution in [3.63, 3.8) is 0 Å². The normalized spacial score (nSPS) is 21.1. The first-order chi connectivity index (χ1) is 9.28. The number of esters is 1. The maximum absolute atomic E-state index is 11.1. The highest BCUT2D eigenvalue weighted by molar-refractivity contribution is 5.81. The van der Waals surface area contributed by atoms with Gasteiger partial charge in [-0.3, -0.25) is 0 Å². The van der Waals surface area contributed by atoms with E-state index in [0.717, 1.165) is 25.7 Å². The van der Waals surface area contributed by atoms with Crippen molar-refractivity contribution in [3.8, 4) is 0 Å². The molecule has 108 valence electrons. The molecule has 0 N–H and O–H groups in total. The monoisotopic (exact) mass is 268 g/mol. The van der Waals surface area contributed by atoms with Crippen LogP contribution in [0.1, 0.15) is 51.4 Å². The molecule has 0 atom stereocenters. The highest BCUT2D eigenvalue weighted by Gasteiger charge is 2.26. The summed E-state index contributed by atoms with van der Waals surface area (Å²) in [6.07, 6.45) is 10.5. The van der Waals surface area contributed by atoms with Crippen LogP contribution in [0, 0.1) is 0 Å². The molecular weight excluding hydrogens is 244 g/mol. The molecule has 0 aliphatic heterocycles. The maximum atomic E-state index is 11.1. The second kappa shape index (κ2) is 7.65. The Morgan fingerprint density at radius 3 is 1.95 bits per heavy atom. The second-order valence-corrected chi connectivity index (χ2v) is 5.35. The fourth-order valence-electron chi connectivity index (χ4n) is 2.80. The van der Waals surface area contributed by atoms with Gasteiger partial charge < -0.3 is 14.2 Å². The zero-order valence-electron chi connectivity index (χ0n) is 11.5. The van der Waals surface area contributed by atoms with Crippen LogP contribution in [0.3, 0.4) is 0 Å². The van der Waals surface area contributed by atoms with Gasteiger partial charge in [-0.2, -0.15) is 0 Å². The van der Waals surface area contributed by atoms with E-state index < -0.39 is 12.3 Å². The summed E-state index contributed by atoms with van der Waals surface area (Å²) in [6.45, 7) is 3.55. The molecule has 2 aliphatic carbocycles. The predicted octanol–water partition coefficient (Wildman–Crippen LogP) is 2.96. The van der Waals surface area contributed by atoms with Gasteiger partial charge in [-0.25, -0.2) is 4.79 Å². The van der Waals surface area contributed by atoms with E-state index in [2.05, 4.69) is 6.58 Å². The van der Waals surface area contributed by atoms with E-state index in [1.54, 1.807) is 0 Å². The molecule has 2 saturated carbocycles. The fourth-order valence-corrected chi connectivity index (χ4v) is 2.80. The van der Waals surface area contributed by atoms with Gasteiger partial charge in [-0.1, -0.05) is 32.3 Å². The standard InChI is InChI=1S/C15H24O4/c1-2-14(16)17-11-15(18-12-7-3-4-8-12)19-13-9-5-6-10-13/h2,12-13,15H,1,3-11H2. The molecule has 2 aliphatic rings. The number of hydrogen-bond donors (Lipinski definition) is 0. The van der Waals surface area contributed by atoms with Crippen molar-refractivity contribution in [2.75, 3.05) is 6.61 Å². The van der Waals surface area contributed by atoms with Gasteiger partial charge in [-0.15, -0.1) is 0 Å². The molecule has 4 heteroatoms. The first-order valence-electron chi connectivity index (χ1n) is 7.38. The van der Waals surface area contributed by atoms with E-state index in [4.69, 9.17) is 14.2 Å². The van der Waals surface area contributed by atoms with Crippen LogP contribution in [-0.4, -0.2) is 31.1 Å². The summed E-state index contributed by atoms with van der Waals surface area (Å²) in [7, 11) is 0. The van der Waals surface area contributed by atoms with Gasteiger partial charge >= 0.3 is 5.97 Å². The lowest BCUT2D eigenvalue weighted by molar-refractivity contribution is -0.213. The summed E-state index contributed by atoms with van der Waals surface area (Å²) in [4.78, 5) is 11.1. The lowest BCUT2D eigenvalue weighted by Gasteiger charge is -2.25. The molecule has 2 rings (SSSR count). The average Bonchev–Trinajstić information content (AvgIpc) is 3.08. The summed E-state index contributed by atoms with van der Waals surface area (Å²) in [5.41, 5.74) is 0. The zero-order chi connectivity index (χ0) is 13.5. The van der Waals surface area contributed by atoms with Gasteiger partial charge in [0.05, 0.1) is 12.2 Å². The number of hydrogen-bond acceptors (Lipinski definition) is 4. The first kappa shape index (κ1) is 14.5. The lowest BCUT2D eigenvalue weighted by Crippen LogP contribution is -2.31. The minimum absolute atomic E-state index is 0.165. The van der Waals surface area contributed by atoms with E-state index >= 15 is 0 Å². The summed E-state index contributed by atoms with van der Waals surface area (Å²) in [5, 5.41) is 0. The largest absolute Gasteiger partial charge is 0.457 e. The summed E-state index contributed by atoms with van der Waals surface area (Å²) in [6, 6.07) is 0. The van der Waals surface area contributed by atoms with E-state index in [9.17, 15) is 4.79 Å². The highest BCUT2D eigenvalue weighted by Crippen LogP contribution is 2.26. The van der Waals surface area contributed by atoms with Gasteiger partial charge in [0.25, 0.3) is 0 Å². The van der Waals surface area contributed by atoms with Crippen LogP contribution in [-0.2, 0) is 19.0 Å². The molecule has 0 aromatic carbocycles. The number of rotatable bonds is 7. The van der Waals surface area contributed by atoms with Crippen LogP contribution < -0.4 is 0 Å². The Hall–Kier alpha value is -0.870. The quantitative estimate of drug-likeness (QED) is 0.404. The van der Waals surface area contributed by atoms with Crippen LogP contribution in [0.5, 0.6) is 0 Å². The third-order valence-electron chi connectivity index (χ3n) is 3.82. The Balaban J connectivity index is 1.79. The molecule has 0 bridgehead atoms. The minimum atomic E-state index is -0.421. The smallest absolute Gasteiger partial charge is 0.330 e. The Morgan fingerprint density at radius 2 is 1.53 bits per heavy atom. The lowest BCUT2D eigenvalue weighted by atomic mass is 10.3. The van der Waals surface area contributed by atoms with Crippen molar-refractivity contribution in [2.45, 2.75) is 69.9 Å². The molecule has 0 radical (unpaired) electrons. The molecule has 0 aromatic rings. The van der Waals surface area contributed by atoms with Gasteiger partial charge in [0.15, 0.2) is 6.29 Å². The third-order valence-corrected chi connectivity index (χ3v) is 3.82. The van der Waals surface area contributed by atoms with Crippen molar-refractivity contribution >= 4 is 5.97 Å². The maximum Gasteiger partial charge on any atom is 0.330 e. The van der Waals surface area contributed by atoms with Crippen molar-refractivity contribution in [1.29, 1.82) is 0 Å². The Labute approximate surface area is 115 Å². The predicted molar refractivity (Wildman–Crippen MR) is 71.6 cm³/mol. The molecule has 0 spiro atoms. The fraction of sp³-hybridized carbons (Fsp3) is 0.800. The molecular formula is C15H24O4. The Bertz CT molecular complexity index is 273. The Morgan fingerprint density at radius 1 is 1.05 bits per heavy atom. The summed E-state index contributed by atoms with van der Waals surface area (Å²) >= 11 is 0. The summed E-state index contributed by atoms with van der Waals surface area (Å²) < 4.78 is 16.9. The van der Waals surface area contributed by atoms with Crippen LogP contribution in [0.2, 0.25) is 0 Å². The topological polar surface area (TPSA) is 44.8 Å². The van der Waals surface area contributed by atoms with Crippen molar-refractivity contribution in [1.82, 2.24) is 0 Å². The highest BCUT2D eigenvalue weighted by atomic mass is 16.7. The van der Waals surface area contributed by atoms with Gasteiger partial charge in [0.2, 0.25) is 0 Å². The van der Waals surface area contributed by atoms with E-state index in [-0.39, 0.29) is 18.8 Å². The minimum Gasteiger partial charge on any atom is -0.457 e. The zero-order valence-corrected chi connectivity index (χ0v) is 11.5. The Kier molecular flexibility index (Phi) is 5.86. The number of carbonyl (C=O) groups excluding carboxylic acids is 1. The number of carbonyl (C=O) groups is 1. The third kappa shape index (κ3) is 4.96. The first-order valence-corrected chi connectivity index (χ1v) is 7.38. The summed E-state index contributed by atoms with van der Waals surface area (Å²) in [5.74, 6) is -0.421. The van der Waals surface area contributed by atoms with Gasteiger partial charge in [-0.05, 0) is 25.7 Å². The van der Waals surface area contributed by atoms with E-state index in [0.29, 0.717) is 0 Å². The molecule has 0 amide bonds. The van der Waals surface area contributed by atoms with Crippen LogP contribution in [0.4, 0.5) is 0 Å². The average molecular weight is 268 g/mol. The van der Waals surface area contributed by atoms with Crippen molar-refractivity contribution < 1.29 is 19.0 Å². The van der Waals surface area contributed by atoms with Gasteiger partial charge in [0, 0.05) is 6.08 Å². The van der Waals surface area contributed by atoms with Crippen molar-refractivity contribution in [2.24, 2.45) is 0 Å². The number of ether oxygens (including phenoxy) is 3. The van der Waals surface area contributed by atoms with Crippen molar-refractivity contribution in [3.05, 3.63) is 12.7 Å². The van der Waals surface area contributed by atoms with Crippen LogP contribution in [0.15, 0.2) is 12.7 Å². The molecule has 19 heavy (non-hydrogen) atoms. The molecule has 2 fully saturated rings. The van der Waals surface area contributed by atoms with E-state index in [1.807, 2.05) is 0 Å². The second-order valence-electron chi connectivity index (χ2n) is 5.35. The van der Waals surface area contributed by atoms with Crippen LogP contribution in [0.25, 0.3) is 0 Å².